The van der Waals surface area contributed by atoms with E-state index in [0.29, 0.717) is 18.0 Å². The fourth-order valence-electron chi connectivity index (χ4n) is 2.69. The van der Waals surface area contributed by atoms with Crippen LogP contribution in [0.4, 0.5) is 0 Å². The maximum absolute atomic E-state index is 12.1. The minimum absolute atomic E-state index is 0.0205. The zero-order chi connectivity index (χ0) is 16.4. The number of carbonyl (C=O) groups is 1. The fraction of sp³-hybridized carbons (Fsp3) is 0.533. The number of rotatable bonds is 5. The Morgan fingerprint density at radius 1 is 1.36 bits per heavy atom. The molecule has 0 spiro atoms. The van der Waals surface area contributed by atoms with Gasteiger partial charge in [-0.25, -0.2) is 8.42 Å². The molecule has 1 atom stereocenters. The lowest BCUT2D eigenvalue weighted by Crippen LogP contribution is -2.49. The molecule has 1 aliphatic heterocycles. The van der Waals surface area contributed by atoms with E-state index in [-0.39, 0.29) is 24.0 Å². The van der Waals surface area contributed by atoms with Gasteiger partial charge in [0.1, 0.15) is 0 Å². The van der Waals surface area contributed by atoms with Gasteiger partial charge in [0.2, 0.25) is 5.91 Å². The Balaban J connectivity index is 1.85. The van der Waals surface area contributed by atoms with Crippen LogP contribution in [0.25, 0.3) is 0 Å². The first kappa shape index (κ1) is 17.2. The van der Waals surface area contributed by atoms with E-state index in [1.54, 1.807) is 6.92 Å². The SMILES string of the molecule is CN(CC(=O)N[C@@]1(C)CCS(=O)(=O)C1)Cc1ccc(Cl)cc1. The summed E-state index contributed by atoms with van der Waals surface area (Å²) >= 11 is 5.84. The molecule has 1 saturated heterocycles. The number of amides is 1. The quantitative estimate of drug-likeness (QED) is 0.878. The van der Waals surface area contributed by atoms with Crippen molar-refractivity contribution < 1.29 is 13.2 Å². The molecule has 2 rings (SSSR count). The van der Waals surface area contributed by atoms with Crippen LogP contribution >= 0.6 is 11.6 Å². The predicted molar refractivity (Wildman–Crippen MR) is 87.6 cm³/mol. The molecular weight excluding hydrogens is 324 g/mol. The molecule has 1 aromatic rings. The van der Waals surface area contributed by atoms with Crippen LogP contribution in [-0.2, 0) is 21.2 Å². The van der Waals surface area contributed by atoms with Gasteiger partial charge in [0, 0.05) is 11.6 Å². The first-order chi connectivity index (χ1) is 10.2. The van der Waals surface area contributed by atoms with Crippen LogP contribution in [0, 0.1) is 0 Å². The average Bonchev–Trinajstić information content (AvgIpc) is 2.65. The Morgan fingerprint density at radius 2 is 2.00 bits per heavy atom. The van der Waals surface area contributed by atoms with Crippen molar-refractivity contribution in [3.63, 3.8) is 0 Å². The van der Waals surface area contributed by atoms with Gasteiger partial charge >= 0.3 is 0 Å². The summed E-state index contributed by atoms with van der Waals surface area (Å²) in [6, 6.07) is 7.47. The van der Waals surface area contributed by atoms with E-state index in [2.05, 4.69) is 5.32 Å². The third kappa shape index (κ3) is 4.97. The van der Waals surface area contributed by atoms with Crippen LogP contribution in [0.1, 0.15) is 18.9 Å². The molecular formula is C15H21ClN2O3S. The fourth-order valence-corrected chi connectivity index (χ4v) is 4.91. The smallest absolute Gasteiger partial charge is 0.234 e. The summed E-state index contributed by atoms with van der Waals surface area (Å²) < 4.78 is 23.1. The molecule has 0 unspecified atom stereocenters. The number of nitrogens with zero attached hydrogens (tertiary/aromatic N) is 1. The maximum Gasteiger partial charge on any atom is 0.234 e. The van der Waals surface area contributed by atoms with Crippen LogP contribution in [0.3, 0.4) is 0 Å². The number of halogens is 1. The molecule has 7 heteroatoms. The topological polar surface area (TPSA) is 66.5 Å². The number of nitrogens with one attached hydrogen (secondary N) is 1. The molecule has 0 bridgehead atoms. The lowest BCUT2D eigenvalue weighted by atomic mass is 10.0. The van der Waals surface area contributed by atoms with Crippen LogP contribution < -0.4 is 5.32 Å². The van der Waals surface area contributed by atoms with Gasteiger partial charge in [0.05, 0.1) is 23.6 Å². The first-order valence-corrected chi connectivity index (χ1v) is 9.32. The molecule has 1 fully saturated rings. The van der Waals surface area contributed by atoms with Crippen molar-refractivity contribution in [1.29, 1.82) is 0 Å². The van der Waals surface area contributed by atoms with Gasteiger partial charge < -0.3 is 5.32 Å². The van der Waals surface area contributed by atoms with Gasteiger partial charge in [0.25, 0.3) is 0 Å². The Morgan fingerprint density at radius 3 is 2.55 bits per heavy atom. The third-order valence-electron chi connectivity index (χ3n) is 3.72. The van der Waals surface area contributed by atoms with Crippen LogP contribution in [0.2, 0.25) is 5.02 Å². The van der Waals surface area contributed by atoms with Gasteiger partial charge in [-0.05, 0) is 38.1 Å². The van der Waals surface area contributed by atoms with E-state index in [1.165, 1.54) is 0 Å². The Labute approximate surface area is 136 Å². The molecule has 1 amide bonds. The zero-order valence-electron chi connectivity index (χ0n) is 12.8. The highest BCUT2D eigenvalue weighted by Gasteiger charge is 2.39. The molecule has 0 aromatic heterocycles. The lowest BCUT2D eigenvalue weighted by molar-refractivity contribution is -0.123. The van der Waals surface area contributed by atoms with E-state index < -0.39 is 15.4 Å². The summed E-state index contributed by atoms with van der Waals surface area (Å²) in [5, 5.41) is 3.54. The number of likely N-dealkylation sites (N-methyl/N-ethyl adjacent to an activating group) is 1. The Hall–Kier alpha value is -1.11. The van der Waals surface area contributed by atoms with Gasteiger partial charge in [-0.2, -0.15) is 0 Å². The summed E-state index contributed by atoms with van der Waals surface area (Å²) in [6.07, 6.45) is 0.474. The molecule has 1 heterocycles. The van der Waals surface area contributed by atoms with E-state index in [4.69, 9.17) is 11.6 Å². The summed E-state index contributed by atoms with van der Waals surface area (Å²) in [7, 11) is -1.17. The van der Waals surface area contributed by atoms with Crippen molar-refractivity contribution in [2.24, 2.45) is 0 Å². The van der Waals surface area contributed by atoms with Gasteiger partial charge in [-0.1, -0.05) is 23.7 Å². The minimum Gasteiger partial charge on any atom is -0.349 e. The summed E-state index contributed by atoms with van der Waals surface area (Å²) in [5.74, 6) is 0.00730. The second-order valence-corrected chi connectivity index (χ2v) is 8.87. The highest BCUT2D eigenvalue weighted by Crippen LogP contribution is 2.22. The van der Waals surface area contributed by atoms with Gasteiger partial charge in [-0.15, -0.1) is 0 Å². The van der Waals surface area contributed by atoms with Crippen molar-refractivity contribution in [1.82, 2.24) is 10.2 Å². The summed E-state index contributed by atoms with van der Waals surface area (Å²) in [6.45, 7) is 2.63. The molecule has 22 heavy (non-hydrogen) atoms. The van der Waals surface area contributed by atoms with Crippen molar-refractivity contribution in [2.75, 3.05) is 25.1 Å². The van der Waals surface area contributed by atoms with E-state index >= 15 is 0 Å². The zero-order valence-corrected chi connectivity index (χ0v) is 14.4. The monoisotopic (exact) mass is 344 g/mol. The molecule has 5 nitrogen and oxygen atoms in total. The van der Waals surface area contributed by atoms with E-state index in [9.17, 15) is 13.2 Å². The van der Waals surface area contributed by atoms with Crippen LogP contribution in [-0.4, -0.2) is 49.9 Å². The molecule has 0 aliphatic carbocycles. The summed E-state index contributed by atoms with van der Waals surface area (Å²) in [5.41, 5.74) is 0.422. The minimum atomic E-state index is -3.02. The number of hydrogen-bond donors (Lipinski definition) is 1. The van der Waals surface area contributed by atoms with E-state index in [1.807, 2.05) is 36.2 Å². The second-order valence-electron chi connectivity index (χ2n) is 6.25. The number of hydrogen-bond acceptors (Lipinski definition) is 4. The van der Waals surface area contributed by atoms with Crippen LogP contribution in [0.15, 0.2) is 24.3 Å². The normalized spacial score (nSPS) is 23.6. The molecule has 0 saturated carbocycles. The molecule has 1 N–H and O–H groups in total. The Bertz CT molecular complexity index is 645. The van der Waals surface area contributed by atoms with Crippen molar-refractivity contribution in [3.8, 4) is 0 Å². The Kier molecular flexibility index (Phi) is 5.14. The number of carbonyl (C=O) groups excluding carboxylic acids is 1. The standard InChI is InChI=1S/C15H21ClN2O3S/c1-15(7-8-22(20,21)11-15)17-14(19)10-18(2)9-12-3-5-13(16)6-4-12/h3-6H,7-11H2,1-2H3,(H,17,19)/t15-/m0/s1. The average molecular weight is 345 g/mol. The predicted octanol–water partition coefficient (Wildman–Crippen LogP) is 1.47. The molecule has 0 radical (unpaired) electrons. The molecule has 1 aliphatic rings. The number of benzene rings is 1. The van der Waals surface area contributed by atoms with Gasteiger partial charge in [-0.3, -0.25) is 9.69 Å². The second kappa shape index (κ2) is 6.56. The first-order valence-electron chi connectivity index (χ1n) is 7.12. The molecule has 1 aromatic carbocycles. The third-order valence-corrected chi connectivity index (χ3v) is 5.88. The van der Waals surface area contributed by atoms with Crippen molar-refractivity contribution in [2.45, 2.75) is 25.4 Å². The van der Waals surface area contributed by atoms with E-state index in [0.717, 1.165) is 5.56 Å². The van der Waals surface area contributed by atoms with Crippen molar-refractivity contribution >= 4 is 27.3 Å². The van der Waals surface area contributed by atoms with Crippen LogP contribution in [0.5, 0.6) is 0 Å². The highest BCUT2D eigenvalue weighted by molar-refractivity contribution is 7.91. The largest absolute Gasteiger partial charge is 0.349 e. The van der Waals surface area contributed by atoms with Gasteiger partial charge in [0.15, 0.2) is 9.84 Å². The summed E-state index contributed by atoms with van der Waals surface area (Å²) in [4.78, 5) is 14.0. The lowest BCUT2D eigenvalue weighted by Gasteiger charge is -2.25. The molecule has 122 valence electrons. The maximum atomic E-state index is 12.1. The number of sulfone groups is 1. The highest BCUT2D eigenvalue weighted by atomic mass is 35.5. The van der Waals surface area contributed by atoms with Crippen molar-refractivity contribution in [3.05, 3.63) is 34.9 Å².